The Balaban J connectivity index is -0.000000151. The van der Waals surface area contributed by atoms with Crippen LogP contribution in [-0.2, 0) is 0 Å². The Hall–Kier alpha value is 0.466. The monoisotopic (exact) mass is 266 g/mol. The van der Waals surface area contributed by atoms with E-state index in [2.05, 4.69) is 19.9 Å². The number of hydrogen-bond donors (Lipinski definition) is 0. The van der Waals surface area contributed by atoms with Gasteiger partial charge in [0, 0.05) is 0 Å². The third-order valence-electron chi connectivity index (χ3n) is 1.56. The second-order valence-corrected chi connectivity index (χ2v) is 2.78. The Morgan fingerprint density at radius 3 is 1.43 bits per heavy atom. The maximum Gasteiger partial charge on any atom is 2.00 e. The number of halogens is 1. The second-order valence-electron chi connectivity index (χ2n) is 2.78. The summed E-state index contributed by atoms with van der Waals surface area (Å²) in [4.78, 5) is 0. The topological polar surface area (TPSA) is 0 Å². The van der Waals surface area contributed by atoms with Gasteiger partial charge in [0.25, 0.3) is 0 Å². The van der Waals surface area contributed by atoms with Crippen LogP contribution in [0.15, 0.2) is 30.3 Å². The average molecular weight is 267 g/mol. The van der Waals surface area contributed by atoms with E-state index in [1.54, 1.807) is 0 Å². The molecule has 0 amide bonds. The van der Waals surface area contributed by atoms with Crippen molar-refractivity contribution in [1.29, 1.82) is 0 Å². The van der Waals surface area contributed by atoms with Crippen molar-refractivity contribution < 1.29 is 17.0 Å². The molecule has 0 aliphatic rings. The van der Waals surface area contributed by atoms with Crippen LogP contribution in [0.3, 0.4) is 0 Å². The minimum atomic E-state index is 0. The zero-order valence-corrected chi connectivity index (χ0v) is 12.3. The third kappa shape index (κ3) is 18.3. The molecule has 14 heavy (non-hydrogen) atoms. The predicted octanol–water partition coefficient (Wildman–Crippen LogP) is 0.697. The van der Waals surface area contributed by atoms with Crippen molar-refractivity contribution in [3.63, 3.8) is 0 Å². The molecule has 0 N–H and O–H groups in total. The van der Waals surface area contributed by atoms with Gasteiger partial charge in [-0.25, -0.2) is 0 Å². The van der Waals surface area contributed by atoms with E-state index in [0.29, 0.717) is 0 Å². The maximum atomic E-state index is 2.89. The van der Waals surface area contributed by atoms with E-state index in [-0.39, 0.29) is 40.0 Å². The van der Waals surface area contributed by atoms with Crippen LogP contribution in [0.25, 0.3) is 0 Å². The second kappa shape index (κ2) is 19.1. The largest absolute Gasteiger partial charge is 2.00 e. The van der Waals surface area contributed by atoms with Gasteiger partial charge in [0.15, 0.2) is 0 Å². The van der Waals surface area contributed by atoms with Gasteiger partial charge in [-0.05, 0) is 0 Å². The summed E-state index contributed by atoms with van der Waals surface area (Å²) in [5.74, 6) is 0. The Morgan fingerprint density at radius 1 is 0.857 bits per heavy atom. The van der Waals surface area contributed by atoms with E-state index in [1.807, 2.05) is 30.3 Å². The van der Waals surface area contributed by atoms with Gasteiger partial charge < -0.3 is 17.0 Å². The van der Waals surface area contributed by atoms with Crippen LogP contribution in [-0.4, -0.2) is 23.1 Å². The van der Waals surface area contributed by atoms with Gasteiger partial charge >= 0.3 is 23.1 Å². The van der Waals surface area contributed by atoms with Gasteiger partial charge in [-0.2, -0.15) is 36.4 Å². The van der Waals surface area contributed by atoms with Crippen molar-refractivity contribution in [3.05, 3.63) is 36.4 Å². The maximum absolute atomic E-state index is 2.89. The van der Waals surface area contributed by atoms with Gasteiger partial charge in [0.05, 0.1) is 0 Å². The normalized spacial score (nSPS) is 7.29. The van der Waals surface area contributed by atoms with Crippen molar-refractivity contribution >= 4 is 23.1 Å². The first-order chi connectivity index (χ1) is 5.91. The predicted molar refractivity (Wildman–Crippen MR) is 60.8 cm³/mol. The summed E-state index contributed by atoms with van der Waals surface area (Å²) in [6, 6.07) is 12.5. The van der Waals surface area contributed by atoms with Gasteiger partial charge in [0.2, 0.25) is 0 Å². The fourth-order valence-electron chi connectivity index (χ4n) is 0.842. The summed E-state index contributed by atoms with van der Waals surface area (Å²) in [6.45, 7) is 4.46. The van der Waals surface area contributed by atoms with E-state index in [4.69, 9.17) is 0 Å². The van der Waals surface area contributed by atoms with Gasteiger partial charge in [-0.1, -0.05) is 39.5 Å². The molecule has 0 bridgehead atoms. The number of hydrogen-bond acceptors (Lipinski definition) is 0. The fraction of sp³-hybridized carbons (Fsp3) is 0.500. The standard InChI is InChI=1S/C6H5.C6H14.BrH.Mg/c1-2-4-6-5-3-1;1-3-5-6-4-2;;/h1-5H;3-6H2,1-2H3;1H;/q-1;;;+2/p-1. The summed E-state index contributed by atoms with van der Waals surface area (Å²) in [5.41, 5.74) is 0. The summed E-state index contributed by atoms with van der Waals surface area (Å²) < 4.78 is 0. The summed E-state index contributed by atoms with van der Waals surface area (Å²) in [5, 5.41) is 0. The number of unbranched alkanes of at least 4 members (excludes halogenated alkanes) is 3. The minimum absolute atomic E-state index is 0. The molecule has 0 heterocycles. The quantitative estimate of drug-likeness (QED) is 0.430. The first kappa shape index (κ1) is 20.0. The van der Waals surface area contributed by atoms with Gasteiger partial charge in [-0.3, -0.25) is 0 Å². The SMILES string of the molecule is CCCCCC.[Br-].[Mg+2].[c-]1ccccc1. The molecule has 1 rings (SSSR count). The Bertz CT molecular complexity index is 123. The van der Waals surface area contributed by atoms with Crippen LogP contribution in [0.1, 0.15) is 39.5 Å². The summed E-state index contributed by atoms with van der Waals surface area (Å²) >= 11 is 0. The molecule has 0 unspecified atom stereocenters. The molecule has 76 valence electrons. The zero-order valence-electron chi connectivity index (χ0n) is 9.30. The number of rotatable bonds is 3. The molecule has 0 saturated carbocycles. The van der Waals surface area contributed by atoms with Crippen molar-refractivity contribution in [3.8, 4) is 0 Å². The first-order valence-electron chi connectivity index (χ1n) is 4.82. The van der Waals surface area contributed by atoms with Gasteiger partial charge in [0.1, 0.15) is 0 Å². The molecule has 0 saturated heterocycles. The molecule has 0 aromatic heterocycles. The van der Waals surface area contributed by atoms with Gasteiger partial charge in [-0.15, -0.1) is 0 Å². The Kier molecular flexibility index (Phi) is 27.2. The van der Waals surface area contributed by atoms with E-state index in [1.165, 1.54) is 25.7 Å². The Labute approximate surface area is 115 Å². The van der Waals surface area contributed by atoms with Crippen molar-refractivity contribution in [1.82, 2.24) is 0 Å². The van der Waals surface area contributed by atoms with Crippen LogP contribution >= 0.6 is 0 Å². The molecule has 0 nitrogen and oxygen atoms in total. The molecule has 0 aliphatic carbocycles. The van der Waals surface area contributed by atoms with E-state index < -0.39 is 0 Å². The van der Waals surface area contributed by atoms with Crippen LogP contribution in [0.2, 0.25) is 0 Å². The molecule has 1 aromatic rings. The molecule has 2 heteroatoms. The van der Waals surface area contributed by atoms with Crippen LogP contribution < -0.4 is 17.0 Å². The average Bonchev–Trinajstić information content (AvgIpc) is 2.18. The number of benzene rings is 1. The van der Waals surface area contributed by atoms with E-state index in [0.717, 1.165) is 0 Å². The molecule has 0 spiro atoms. The minimum Gasteiger partial charge on any atom is -1.00 e. The third-order valence-corrected chi connectivity index (χ3v) is 1.56. The molecular formula is C12H19BrMg. The Morgan fingerprint density at radius 2 is 1.29 bits per heavy atom. The summed E-state index contributed by atoms with van der Waals surface area (Å²) in [6.07, 6.45) is 5.54. The smallest absolute Gasteiger partial charge is 1.00 e. The van der Waals surface area contributed by atoms with Crippen molar-refractivity contribution in [2.45, 2.75) is 39.5 Å². The van der Waals surface area contributed by atoms with Crippen LogP contribution in [0.5, 0.6) is 0 Å². The fourth-order valence-corrected chi connectivity index (χ4v) is 0.842. The molecule has 0 aliphatic heterocycles. The van der Waals surface area contributed by atoms with E-state index >= 15 is 0 Å². The first-order valence-corrected chi connectivity index (χ1v) is 4.82. The molecule has 0 atom stereocenters. The van der Waals surface area contributed by atoms with Crippen molar-refractivity contribution in [2.75, 3.05) is 0 Å². The van der Waals surface area contributed by atoms with Crippen LogP contribution in [0.4, 0.5) is 0 Å². The van der Waals surface area contributed by atoms with Crippen LogP contribution in [0, 0.1) is 6.07 Å². The molecular weight excluding hydrogens is 248 g/mol. The molecule has 1 aromatic carbocycles. The summed E-state index contributed by atoms with van der Waals surface area (Å²) in [7, 11) is 0. The van der Waals surface area contributed by atoms with Crippen molar-refractivity contribution in [2.24, 2.45) is 0 Å². The molecule has 0 radical (unpaired) electrons. The van der Waals surface area contributed by atoms with E-state index in [9.17, 15) is 0 Å². The molecule has 0 fully saturated rings. The zero-order chi connectivity index (χ0) is 9.07.